The third-order valence-corrected chi connectivity index (χ3v) is 3.23. The molecule has 2 rings (SSSR count). The molecule has 0 aliphatic carbocycles. The summed E-state index contributed by atoms with van der Waals surface area (Å²) in [5.74, 6) is -2.49. The van der Waals surface area contributed by atoms with Crippen molar-refractivity contribution in [2.45, 2.75) is 0 Å². The molecule has 8 heteroatoms. The first kappa shape index (κ1) is 17.4. The summed E-state index contributed by atoms with van der Waals surface area (Å²) in [7, 11) is 1.39. The normalized spacial score (nSPS) is 9.92. The number of anilines is 1. The van der Waals surface area contributed by atoms with Crippen molar-refractivity contribution in [3.8, 4) is 5.75 Å². The van der Waals surface area contributed by atoms with E-state index in [2.05, 4.69) is 10.6 Å². The Morgan fingerprint density at radius 2 is 1.92 bits per heavy atom. The molecule has 2 aromatic carbocycles. The minimum atomic E-state index is -1.37. The number of thiocarbonyl (C=S) groups is 1. The lowest BCUT2D eigenvalue weighted by atomic mass is 10.2. The van der Waals surface area contributed by atoms with E-state index in [0.717, 1.165) is 6.07 Å². The van der Waals surface area contributed by atoms with Gasteiger partial charge in [0.05, 0.1) is 24.3 Å². The zero-order chi connectivity index (χ0) is 17.7. The topological polar surface area (TPSA) is 90.5 Å². The average Bonchev–Trinajstić information content (AvgIpc) is 2.54. The quantitative estimate of drug-likeness (QED) is 0.811. The van der Waals surface area contributed by atoms with Crippen molar-refractivity contribution in [1.82, 2.24) is 5.32 Å². The third kappa shape index (κ3) is 4.05. The SMILES string of the molecule is COc1ccc(C(=O)[O-])cc1NC(=S)NC(=O)c1ccccc1F. The molecule has 1 amide bonds. The van der Waals surface area contributed by atoms with Gasteiger partial charge in [-0.05, 0) is 48.1 Å². The molecule has 0 heterocycles. The molecular formula is C16H12FN2O4S-. The maximum absolute atomic E-state index is 13.6. The van der Waals surface area contributed by atoms with E-state index >= 15 is 0 Å². The lowest BCUT2D eigenvalue weighted by molar-refractivity contribution is -0.255. The second kappa shape index (κ2) is 7.51. The molecule has 0 spiro atoms. The van der Waals surface area contributed by atoms with E-state index in [-0.39, 0.29) is 21.9 Å². The molecule has 0 fully saturated rings. The third-order valence-electron chi connectivity index (χ3n) is 3.03. The largest absolute Gasteiger partial charge is 0.545 e. The molecule has 6 nitrogen and oxygen atoms in total. The van der Waals surface area contributed by atoms with E-state index in [0.29, 0.717) is 5.75 Å². The highest BCUT2D eigenvalue weighted by Gasteiger charge is 2.13. The van der Waals surface area contributed by atoms with Crippen LogP contribution in [0.5, 0.6) is 5.75 Å². The van der Waals surface area contributed by atoms with E-state index in [9.17, 15) is 19.1 Å². The molecule has 0 unspecified atom stereocenters. The number of nitrogens with one attached hydrogen (secondary N) is 2. The van der Waals surface area contributed by atoms with Gasteiger partial charge in [-0.2, -0.15) is 0 Å². The molecule has 0 saturated heterocycles. The second-order valence-corrected chi connectivity index (χ2v) is 5.00. The van der Waals surface area contributed by atoms with Gasteiger partial charge in [0.1, 0.15) is 11.6 Å². The Hall–Kier alpha value is -3.00. The summed E-state index contributed by atoms with van der Waals surface area (Å²) in [6.45, 7) is 0. The molecule has 0 aliphatic heterocycles. The van der Waals surface area contributed by atoms with E-state index < -0.39 is 17.7 Å². The van der Waals surface area contributed by atoms with Gasteiger partial charge in [-0.15, -0.1) is 0 Å². The number of hydrogen-bond donors (Lipinski definition) is 2. The van der Waals surface area contributed by atoms with Gasteiger partial charge in [-0.25, -0.2) is 4.39 Å². The lowest BCUT2D eigenvalue weighted by Gasteiger charge is -2.14. The minimum absolute atomic E-state index is 0.0958. The maximum Gasteiger partial charge on any atom is 0.260 e. The number of benzene rings is 2. The molecule has 0 saturated carbocycles. The Balaban J connectivity index is 2.15. The highest BCUT2D eigenvalue weighted by molar-refractivity contribution is 7.80. The fraction of sp³-hybridized carbons (Fsp3) is 0.0625. The molecule has 0 bridgehead atoms. The minimum Gasteiger partial charge on any atom is -0.545 e. The summed E-state index contributed by atoms with van der Waals surface area (Å²) < 4.78 is 18.6. The van der Waals surface area contributed by atoms with Crippen LogP contribution in [0.2, 0.25) is 0 Å². The molecule has 2 N–H and O–H groups in total. The summed E-state index contributed by atoms with van der Waals surface area (Å²) >= 11 is 4.99. The Bertz CT molecular complexity index is 810. The van der Waals surface area contributed by atoms with Crippen LogP contribution in [0.4, 0.5) is 10.1 Å². The highest BCUT2D eigenvalue weighted by Crippen LogP contribution is 2.25. The van der Waals surface area contributed by atoms with Gasteiger partial charge in [0.15, 0.2) is 5.11 Å². The summed E-state index contributed by atoms with van der Waals surface area (Å²) in [5, 5.41) is 15.7. The van der Waals surface area contributed by atoms with Crippen LogP contribution in [0.1, 0.15) is 20.7 Å². The van der Waals surface area contributed by atoms with Gasteiger partial charge in [0.2, 0.25) is 0 Å². The molecular weight excluding hydrogens is 335 g/mol. The summed E-state index contributed by atoms with van der Waals surface area (Å²) in [5.41, 5.74) is -0.0448. The van der Waals surface area contributed by atoms with E-state index in [4.69, 9.17) is 17.0 Å². The molecule has 24 heavy (non-hydrogen) atoms. The fourth-order valence-electron chi connectivity index (χ4n) is 1.90. The van der Waals surface area contributed by atoms with Crippen molar-refractivity contribution in [3.63, 3.8) is 0 Å². The van der Waals surface area contributed by atoms with Gasteiger partial charge in [0.25, 0.3) is 5.91 Å². The molecule has 2 aromatic rings. The zero-order valence-electron chi connectivity index (χ0n) is 12.5. The number of carbonyl (C=O) groups excluding carboxylic acids is 2. The number of rotatable bonds is 4. The van der Waals surface area contributed by atoms with Crippen LogP contribution in [0.15, 0.2) is 42.5 Å². The van der Waals surface area contributed by atoms with Crippen LogP contribution in [0.3, 0.4) is 0 Å². The first-order valence-electron chi connectivity index (χ1n) is 6.68. The number of amides is 1. The van der Waals surface area contributed by atoms with E-state index in [1.54, 1.807) is 0 Å². The van der Waals surface area contributed by atoms with Crippen molar-refractivity contribution in [2.75, 3.05) is 12.4 Å². The number of ether oxygens (including phenoxy) is 1. The number of carboxylic acid groups (broad SMARTS) is 1. The van der Waals surface area contributed by atoms with Crippen LogP contribution in [0, 0.1) is 5.82 Å². The van der Waals surface area contributed by atoms with Gasteiger partial charge in [-0.3, -0.25) is 10.1 Å². The first-order valence-corrected chi connectivity index (χ1v) is 7.09. The molecule has 0 radical (unpaired) electrons. The van der Waals surface area contributed by atoms with Crippen LogP contribution in [0.25, 0.3) is 0 Å². The van der Waals surface area contributed by atoms with Crippen molar-refractivity contribution < 1.29 is 23.8 Å². The van der Waals surface area contributed by atoms with E-state index in [1.165, 1.54) is 43.5 Å². The molecule has 0 atom stereocenters. The van der Waals surface area contributed by atoms with Crippen LogP contribution in [-0.2, 0) is 0 Å². The highest BCUT2D eigenvalue weighted by atomic mass is 32.1. The Morgan fingerprint density at radius 1 is 1.21 bits per heavy atom. The number of carbonyl (C=O) groups is 2. The van der Waals surface area contributed by atoms with Crippen molar-refractivity contribution in [1.29, 1.82) is 0 Å². The lowest BCUT2D eigenvalue weighted by Crippen LogP contribution is -2.34. The van der Waals surface area contributed by atoms with Gasteiger partial charge < -0.3 is 20.0 Å². The van der Waals surface area contributed by atoms with Crippen LogP contribution < -0.4 is 20.5 Å². The van der Waals surface area contributed by atoms with Crippen LogP contribution in [-0.4, -0.2) is 24.1 Å². The summed E-state index contributed by atoms with van der Waals surface area (Å²) in [6, 6.07) is 9.40. The monoisotopic (exact) mass is 347 g/mol. The second-order valence-electron chi connectivity index (χ2n) is 4.59. The molecule has 0 aliphatic rings. The summed E-state index contributed by atoms with van der Waals surface area (Å²) in [6.07, 6.45) is 0. The maximum atomic E-state index is 13.6. The predicted octanol–water partition coefficient (Wildman–Crippen LogP) is 1.32. The Morgan fingerprint density at radius 3 is 2.54 bits per heavy atom. The van der Waals surface area contributed by atoms with E-state index in [1.807, 2.05) is 0 Å². The number of methoxy groups -OCH3 is 1. The van der Waals surface area contributed by atoms with Gasteiger partial charge >= 0.3 is 0 Å². The Labute approximate surface area is 142 Å². The fourth-order valence-corrected chi connectivity index (χ4v) is 2.10. The average molecular weight is 347 g/mol. The van der Waals surface area contributed by atoms with Gasteiger partial charge in [-0.1, -0.05) is 12.1 Å². The molecule has 124 valence electrons. The zero-order valence-corrected chi connectivity index (χ0v) is 13.3. The van der Waals surface area contributed by atoms with Crippen molar-refractivity contribution in [3.05, 3.63) is 59.4 Å². The van der Waals surface area contributed by atoms with Crippen molar-refractivity contribution >= 4 is 34.9 Å². The standard InChI is InChI=1S/C16H13FN2O4S/c1-23-13-7-6-9(15(21)22)8-12(13)18-16(24)19-14(20)10-4-2-3-5-11(10)17/h2-8H,1H3,(H,21,22)(H2,18,19,20,24)/p-1. The number of halogens is 1. The number of hydrogen-bond acceptors (Lipinski definition) is 5. The van der Waals surface area contributed by atoms with Crippen molar-refractivity contribution in [2.24, 2.45) is 0 Å². The predicted molar refractivity (Wildman–Crippen MR) is 87.4 cm³/mol. The number of carboxylic acids is 1. The van der Waals surface area contributed by atoms with Gasteiger partial charge in [0, 0.05) is 0 Å². The smallest absolute Gasteiger partial charge is 0.260 e. The number of aromatic carboxylic acids is 1. The van der Waals surface area contributed by atoms with Crippen LogP contribution >= 0.6 is 12.2 Å². The molecule has 0 aromatic heterocycles. The summed E-state index contributed by atoms with van der Waals surface area (Å²) in [4.78, 5) is 22.9. The Kier molecular flexibility index (Phi) is 5.43. The first-order chi connectivity index (χ1) is 11.4.